The fourth-order valence-corrected chi connectivity index (χ4v) is 2.96. The van der Waals surface area contributed by atoms with Crippen molar-refractivity contribution in [1.82, 2.24) is 15.5 Å². The molecule has 0 unspecified atom stereocenters. The predicted molar refractivity (Wildman–Crippen MR) is 100 cm³/mol. The van der Waals surface area contributed by atoms with E-state index in [0.717, 1.165) is 30.2 Å². The molecule has 0 atom stereocenters. The van der Waals surface area contributed by atoms with E-state index in [4.69, 9.17) is 11.6 Å². The lowest BCUT2D eigenvalue weighted by Gasteiger charge is -2.17. The van der Waals surface area contributed by atoms with Gasteiger partial charge in [-0.2, -0.15) is 5.10 Å². The molecular weight excluding hydrogens is 338 g/mol. The fourth-order valence-electron chi connectivity index (χ4n) is 2.83. The summed E-state index contributed by atoms with van der Waals surface area (Å²) in [5.74, 6) is 0.720. The summed E-state index contributed by atoms with van der Waals surface area (Å²) in [4.78, 5) is 14.2. The molecule has 1 aliphatic rings. The van der Waals surface area contributed by atoms with Gasteiger partial charge in [0.25, 0.3) is 0 Å². The Morgan fingerprint density at radius 2 is 1.92 bits per heavy atom. The first-order valence-corrected chi connectivity index (χ1v) is 8.91. The Morgan fingerprint density at radius 1 is 1.16 bits per heavy atom. The molecule has 0 bridgehead atoms. The van der Waals surface area contributed by atoms with Gasteiger partial charge in [0, 0.05) is 37.3 Å². The van der Waals surface area contributed by atoms with E-state index in [-0.39, 0.29) is 5.91 Å². The van der Waals surface area contributed by atoms with Crippen LogP contribution in [0.1, 0.15) is 18.4 Å². The van der Waals surface area contributed by atoms with E-state index in [1.807, 2.05) is 18.2 Å². The van der Waals surface area contributed by atoms with Crippen molar-refractivity contribution < 1.29 is 4.79 Å². The number of halogens is 1. The second-order valence-electron chi connectivity index (χ2n) is 6.07. The fraction of sp³-hybridized carbons (Fsp3) is 0.389. The Hall–Kier alpha value is -2.34. The number of amides is 1. The van der Waals surface area contributed by atoms with Crippen molar-refractivity contribution in [3.63, 3.8) is 0 Å². The number of carbonyl (C=O) groups is 1. The minimum absolute atomic E-state index is 0.0129. The molecule has 1 aromatic heterocycles. The smallest absolute Gasteiger partial charge is 0.224 e. The van der Waals surface area contributed by atoms with Crippen LogP contribution in [-0.4, -0.2) is 42.3 Å². The van der Waals surface area contributed by atoms with E-state index in [2.05, 4.69) is 25.7 Å². The molecule has 1 aliphatic heterocycles. The molecule has 6 nitrogen and oxygen atoms in total. The van der Waals surface area contributed by atoms with Crippen molar-refractivity contribution in [3.8, 4) is 0 Å². The van der Waals surface area contributed by atoms with E-state index in [1.165, 1.54) is 12.8 Å². The highest BCUT2D eigenvalue weighted by Gasteiger charge is 2.13. The molecule has 0 radical (unpaired) electrons. The van der Waals surface area contributed by atoms with Gasteiger partial charge in [0.1, 0.15) is 0 Å². The topological polar surface area (TPSA) is 70.2 Å². The van der Waals surface area contributed by atoms with E-state index in [0.29, 0.717) is 24.5 Å². The molecule has 0 aliphatic carbocycles. The first kappa shape index (κ1) is 17.5. The summed E-state index contributed by atoms with van der Waals surface area (Å²) in [5, 5.41) is 14.9. The van der Waals surface area contributed by atoms with Gasteiger partial charge in [-0.25, -0.2) is 0 Å². The summed E-state index contributed by atoms with van der Waals surface area (Å²) >= 11 is 5.84. The van der Waals surface area contributed by atoms with Crippen LogP contribution >= 0.6 is 11.6 Å². The van der Waals surface area contributed by atoms with Crippen molar-refractivity contribution in [3.05, 3.63) is 47.1 Å². The molecule has 2 heterocycles. The molecule has 1 aromatic carbocycles. The van der Waals surface area contributed by atoms with Crippen LogP contribution < -0.4 is 15.5 Å². The van der Waals surface area contributed by atoms with Gasteiger partial charge in [0.05, 0.1) is 18.3 Å². The van der Waals surface area contributed by atoms with Crippen LogP contribution in [-0.2, 0) is 11.2 Å². The van der Waals surface area contributed by atoms with E-state index in [1.54, 1.807) is 18.3 Å². The van der Waals surface area contributed by atoms with Crippen LogP contribution in [0.4, 0.5) is 11.5 Å². The Morgan fingerprint density at radius 3 is 2.68 bits per heavy atom. The van der Waals surface area contributed by atoms with Gasteiger partial charge in [-0.05, 0) is 30.5 Å². The molecule has 0 saturated carbocycles. The molecule has 1 fully saturated rings. The van der Waals surface area contributed by atoms with Gasteiger partial charge in [-0.15, -0.1) is 5.10 Å². The largest absolute Gasteiger partial charge is 0.370 e. The lowest BCUT2D eigenvalue weighted by molar-refractivity contribution is -0.120. The highest BCUT2D eigenvalue weighted by molar-refractivity contribution is 6.30. The highest BCUT2D eigenvalue weighted by atomic mass is 35.5. The first-order chi connectivity index (χ1) is 12.2. The second-order valence-corrected chi connectivity index (χ2v) is 6.51. The number of nitrogens with one attached hydrogen (secondary N) is 2. The molecule has 3 rings (SSSR count). The number of nitrogens with zero attached hydrogens (tertiary/aromatic N) is 3. The molecule has 132 valence electrons. The zero-order chi connectivity index (χ0) is 17.5. The van der Waals surface area contributed by atoms with Gasteiger partial charge < -0.3 is 15.5 Å². The quantitative estimate of drug-likeness (QED) is 0.743. The third-order valence-electron chi connectivity index (χ3n) is 4.14. The number of rotatable bonds is 7. The van der Waals surface area contributed by atoms with Crippen LogP contribution in [0.5, 0.6) is 0 Å². The first-order valence-electron chi connectivity index (χ1n) is 8.53. The van der Waals surface area contributed by atoms with Gasteiger partial charge in [-0.3, -0.25) is 4.79 Å². The number of hydrogen-bond acceptors (Lipinski definition) is 5. The SMILES string of the molecule is O=C(Cc1ccc(Cl)cc1)NCCNc1cc(N2CCCC2)cnn1. The average Bonchev–Trinajstić information content (AvgIpc) is 3.16. The average molecular weight is 360 g/mol. The van der Waals surface area contributed by atoms with Crippen molar-refractivity contribution >= 4 is 29.0 Å². The zero-order valence-corrected chi connectivity index (χ0v) is 14.8. The van der Waals surface area contributed by atoms with Crippen molar-refractivity contribution in [1.29, 1.82) is 0 Å². The van der Waals surface area contributed by atoms with Gasteiger partial charge in [-0.1, -0.05) is 23.7 Å². The minimum Gasteiger partial charge on any atom is -0.370 e. The number of aromatic nitrogens is 2. The Balaban J connectivity index is 1.40. The number of benzene rings is 1. The maximum atomic E-state index is 11.9. The molecule has 2 N–H and O–H groups in total. The Labute approximate surface area is 152 Å². The summed E-state index contributed by atoms with van der Waals surface area (Å²) < 4.78 is 0. The molecule has 0 spiro atoms. The van der Waals surface area contributed by atoms with Crippen LogP contribution in [0.3, 0.4) is 0 Å². The second kappa shape index (κ2) is 8.67. The van der Waals surface area contributed by atoms with Crippen LogP contribution in [0.2, 0.25) is 5.02 Å². The lowest BCUT2D eigenvalue weighted by Crippen LogP contribution is -2.30. The standard InChI is InChI=1S/C18H22ClN5O/c19-15-5-3-14(4-6-15)11-18(25)21-8-7-20-17-12-16(13-22-23-17)24-9-1-2-10-24/h3-6,12-13H,1-2,7-11H2,(H,20,23)(H,21,25). The van der Waals surface area contributed by atoms with Crippen LogP contribution in [0.25, 0.3) is 0 Å². The summed E-state index contributed by atoms with van der Waals surface area (Å²) in [7, 11) is 0. The molecule has 1 amide bonds. The summed E-state index contributed by atoms with van der Waals surface area (Å²) in [6.45, 7) is 3.28. The predicted octanol–water partition coefficient (Wildman–Crippen LogP) is 2.50. The van der Waals surface area contributed by atoms with E-state index < -0.39 is 0 Å². The van der Waals surface area contributed by atoms with Crippen molar-refractivity contribution in [2.75, 3.05) is 36.4 Å². The highest BCUT2D eigenvalue weighted by Crippen LogP contribution is 2.20. The molecule has 25 heavy (non-hydrogen) atoms. The van der Waals surface area contributed by atoms with Gasteiger partial charge in [0.2, 0.25) is 5.91 Å². The van der Waals surface area contributed by atoms with E-state index >= 15 is 0 Å². The maximum Gasteiger partial charge on any atom is 0.224 e. The summed E-state index contributed by atoms with van der Waals surface area (Å²) in [5.41, 5.74) is 2.04. The number of anilines is 2. The van der Waals surface area contributed by atoms with Crippen molar-refractivity contribution in [2.24, 2.45) is 0 Å². The van der Waals surface area contributed by atoms with Crippen molar-refractivity contribution in [2.45, 2.75) is 19.3 Å². The Kier molecular flexibility index (Phi) is 6.06. The summed E-state index contributed by atoms with van der Waals surface area (Å²) in [6.07, 6.45) is 4.60. The third-order valence-corrected chi connectivity index (χ3v) is 4.39. The Bertz CT molecular complexity index is 701. The monoisotopic (exact) mass is 359 g/mol. The minimum atomic E-state index is -0.0129. The normalized spacial score (nSPS) is 13.7. The molecule has 2 aromatic rings. The van der Waals surface area contributed by atoms with Gasteiger partial charge in [0.15, 0.2) is 5.82 Å². The van der Waals surface area contributed by atoms with E-state index in [9.17, 15) is 4.79 Å². The van der Waals surface area contributed by atoms with Crippen LogP contribution in [0.15, 0.2) is 36.5 Å². The third kappa shape index (κ3) is 5.32. The molecule has 7 heteroatoms. The van der Waals surface area contributed by atoms with Gasteiger partial charge >= 0.3 is 0 Å². The molecule has 1 saturated heterocycles. The lowest BCUT2D eigenvalue weighted by atomic mass is 10.1. The molecular formula is C18H22ClN5O. The number of hydrogen-bond donors (Lipinski definition) is 2. The zero-order valence-electron chi connectivity index (χ0n) is 14.0. The van der Waals surface area contributed by atoms with Crippen LogP contribution in [0, 0.1) is 0 Å². The maximum absolute atomic E-state index is 11.9. The summed E-state index contributed by atoms with van der Waals surface area (Å²) in [6, 6.07) is 9.31. The number of carbonyl (C=O) groups excluding carboxylic acids is 1.